The summed E-state index contributed by atoms with van der Waals surface area (Å²) in [6.45, 7) is 3.57. The van der Waals surface area contributed by atoms with E-state index in [0.717, 1.165) is 0 Å². The zero-order chi connectivity index (χ0) is 10.4. The van der Waals surface area contributed by atoms with E-state index in [1.165, 1.54) is 6.08 Å². The zero-order valence-electron chi connectivity index (χ0n) is 7.62. The number of rotatable bonds is 4. The summed E-state index contributed by atoms with van der Waals surface area (Å²) in [6, 6.07) is 0. The molecule has 0 spiro atoms. The minimum Gasteiger partial charge on any atom is -0.383 e. The van der Waals surface area contributed by atoms with Crippen molar-refractivity contribution in [3.05, 3.63) is 24.4 Å². The molecule has 0 aliphatic carbocycles. The molecule has 0 unspecified atom stereocenters. The molecular formula is C8H12IN3O. The van der Waals surface area contributed by atoms with Crippen LogP contribution in [0.4, 0.5) is 0 Å². The number of ketones is 1. The fourth-order valence-electron chi connectivity index (χ4n) is 0.497. The fraction of sp³-hybridized carbons (Fsp3) is 0.250. The first-order valence-electron chi connectivity index (χ1n) is 3.50. The van der Waals surface area contributed by atoms with Gasteiger partial charge in [0, 0.05) is 31.9 Å². The second kappa shape index (κ2) is 5.74. The quantitative estimate of drug-likeness (QED) is 0.275. The molecule has 13 heavy (non-hydrogen) atoms. The highest BCUT2D eigenvalue weighted by Gasteiger charge is 2.07. The third-order valence-corrected chi connectivity index (χ3v) is 2.11. The number of nitrogens with zero attached hydrogens (tertiary/aromatic N) is 2. The molecule has 0 saturated heterocycles. The molecule has 0 aromatic rings. The second-order valence-corrected chi connectivity index (χ2v) is 3.56. The molecule has 0 saturated carbocycles. The van der Waals surface area contributed by atoms with Gasteiger partial charge in [0.2, 0.25) is 0 Å². The van der Waals surface area contributed by atoms with E-state index in [1.807, 2.05) is 36.7 Å². The fourth-order valence-corrected chi connectivity index (χ4v) is 0.763. The van der Waals surface area contributed by atoms with E-state index in [0.29, 0.717) is 9.29 Å². The maximum absolute atomic E-state index is 11.3. The van der Waals surface area contributed by atoms with Gasteiger partial charge in [-0.3, -0.25) is 4.79 Å². The lowest BCUT2D eigenvalue weighted by Crippen LogP contribution is -2.08. The number of carbonyl (C=O) groups is 1. The van der Waals surface area contributed by atoms with E-state index in [-0.39, 0.29) is 5.78 Å². The van der Waals surface area contributed by atoms with Crippen molar-refractivity contribution in [2.24, 2.45) is 10.9 Å². The Balaban J connectivity index is 4.38. The van der Waals surface area contributed by atoms with Crippen LogP contribution < -0.4 is 5.84 Å². The summed E-state index contributed by atoms with van der Waals surface area (Å²) < 4.78 is 0.422. The molecule has 0 aliphatic rings. The van der Waals surface area contributed by atoms with Gasteiger partial charge in [-0.1, -0.05) is 6.58 Å². The Morgan fingerprint density at radius 2 is 2.15 bits per heavy atom. The predicted molar refractivity (Wildman–Crippen MR) is 62.6 cm³/mol. The second-order valence-electron chi connectivity index (χ2n) is 2.54. The number of hydrogen-bond acceptors (Lipinski definition) is 4. The Morgan fingerprint density at radius 3 is 2.54 bits per heavy atom. The van der Waals surface area contributed by atoms with Crippen LogP contribution in [-0.4, -0.2) is 28.5 Å². The first-order valence-corrected chi connectivity index (χ1v) is 4.58. The molecule has 0 aliphatic heterocycles. The summed E-state index contributed by atoms with van der Waals surface area (Å²) in [6.07, 6.45) is 3.07. The van der Waals surface area contributed by atoms with Crippen LogP contribution in [0.15, 0.2) is 29.5 Å². The first-order chi connectivity index (χ1) is 5.99. The van der Waals surface area contributed by atoms with Gasteiger partial charge in [-0.15, -0.1) is 0 Å². The van der Waals surface area contributed by atoms with E-state index in [9.17, 15) is 4.79 Å². The van der Waals surface area contributed by atoms with Crippen LogP contribution in [-0.2, 0) is 4.79 Å². The van der Waals surface area contributed by atoms with Gasteiger partial charge >= 0.3 is 0 Å². The van der Waals surface area contributed by atoms with Gasteiger partial charge in [0.05, 0.1) is 0 Å². The summed E-state index contributed by atoms with van der Waals surface area (Å²) in [4.78, 5) is 13.1. The number of carbonyl (C=O) groups excluding carboxylic acids is 1. The molecule has 2 N–H and O–H groups in total. The Labute approximate surface area is 91.3 Å². The molecule has 5 heteroatoms. The maximum atomic E-state index is 11.3. The molecule has 72 valence electrons. The normalized spacial score (nSPS) is 11.8. The number of allylic oxidation sites excluding steroid dienone is 2. The van der Waals surface area contributed by atoms with Gasteiger partial charge in [-0.25, -0.2) is 0 Å². The highest BCUT2D eigenvalue weighted by atomic mass is 127. The van der Waals surface area contributed by atoms with E-state index in [4.69, 9.17) is 5.84 Å². The van der Waals surface area contributed by atoms with Gasteiger partial charge in [0.25, 0.3) is 0 Å². The lowest BCUT2D eigenvalue weighted by Gasteiger charge is -2.03. The summed E-state index contributed by atoms with van der Waals surface area (Å²) in [5.74, 6) is 4.81. The van der Waals surface area contributed by atoms with Crippen LogP contribution in [0.25, 0.3) is 0 Å². The standard InChI is InChI=1S/C8H12IN3O/c1-6(8(9)11-10)7(13)4-5-12(2)3/h4-5H,1,10H2,2-3H3/b5-4+,11-8+. The maximum Gasteiger partial charge on any atom is 0.189 e. The molecule has 0 amide bonds. The van der Waals surface area contributed by atoms with Crippen LogP contribution in [0.1, 0.15) is 0 Å². The van der Waals surface area contributed by atoms with Crippen molar-refractivity contribution in [2.75, 3.05) is 14.1 Å². The number of halogens is 1. The monoisotopic (exact) mass is 293 g/mol. The summed E-state index contributed by atoms with van der Waals surface area (Å²) in [5, 5.41) is 3.37. The van der Waals surface area contributed by atoms with Crippen molar-refractivity contribution in [3.63, 3.8) is 0 Å². The molecule has 0 radical (unpaired) electrons. The summed E-state index contributed by atoms with van der Waals surface area (Å²) in [5.41, 5.74) is 0.307. The third-order valence-electron chi connectivity index (χ3n) is 1.18. The number of hydrogen-bond donors (Lipinski definition) is 1. The Kier molecular flexibility index (Phi) is 5.36. The Hall–Kier alpha value is -0.850. The van der Waals surface area contributed by atoms with Crippen LogP contribution >= 0.6 is 22.6 Å². The van der Waals surface area contributed by atoms with Gasteiger partial charge < -0.3 is 10.7 Å². The van der Waals surface area contributed by atoms with E-state index < -0.39 is 0 Å². The van der Waals surface area contributed by atoms with Gasteiger partial charge in [0.1, 0.15) is 3.72 Å². The summed E-state index contributed by atoms with van der Waals surface area (Å²) >= 11 is 1.86. The average molecular weight is 293 g/mol. The topological polar surface area (TPSA) is 58.7 Å². The molecule has 0 aromatic heterocycles. The molecule has 4 nitrogen and oxygen atoms in total. The van der Waals surface area contributed by atoms with Crippen molar-refractivity contribution in [1.29, 1.82) is 0 Å². The molecular weight excluding hydrogens is 281 g/mol. The van der Waals surface area contributed by atoms with Crippen LogP contribution in [0.2, 0.25) is 0 Å². The molecule has 0 bridgehead atoms. The third kappa shape index (κ3) is 4.66. The summed E-state index contributed by atoms with van der Waals surface area (Å²) in [7, 11) is 3.66. The largest absolute Gasteiger partial charge is 0.383 e. The first kappa shape index (κ1) is 12.2. The van der Waals surface area contributed by atoms with Crippen molar-refractivity contribution in [2.45, 2.75) is 0 Å². The van der Waals surface area contributed by atoms with E-state index >= 15 is 0 Å². The molecule has 0 heterocycles. The molecule has 0 fully saturated rings. The number of nitrogens with two attached hydrogens (primary N) is 1. The van der Waals surface area contributed by atoms with Crippen molar-refractivity contribution < 1.29 is 4.79 Å². The van der Waals surface area contributed by atoms with E-state index in [2.05, 4.69) is 11.7 Å². The minimum absolute atomic E-state index is 0.188. The van der Waals surface area contributed by atoms with Gasteiger partial charge in [-0.05, 0) is 22.6 Å². The minimum atomic E-state index is -0.188. The number of hydrazone groups is 1. The van der Waals surface area contributed by atoms with Crippen molar-refractivity contribution in [1.82, 2.24) is 4.90 Å². The Bertz CT molecular complexity index is 269. The molecule has 0 atom stereocenters. The Morgan fingerprint density at radius 1 is 1.62 bits per heavy atom. The van der Waals surface area contributed by atoms with Crippen molar-refractivity contribution in [3.8, 4) is 0 Å². The van der Waals surface area contributed by atoms with Crippen LogP contribution in [0, 0.1) is 0 Å². The SMILES string of the molecule is C=C(C(=O)/C=C/N(C)C)/C(I)=N\N. The average Bonchev–Trinajstić information content (AvgIpc) is 2.11. The lowest BCUT2D eigenvalue weighted by atomic mass is 10.2. The van der Waals surface area contributed by atoms with Gasteiger partial charge in [0.15, 0.2) is 5.78 Å². The van der Waals surface area contributed by atoms with Gasteiger partial charge in [-0.2, -0.15) is 5.10 Å². The zero-order valence-corrected chi connectivity index (χ0v) is 9.78. The predicted octanol–water partition coefficient (Wildman–Crippen LogP) is 0.894. The van der Waals surface area contributed by atoms with E-state index in [1.54, 1.807) is 11.1 Å². The molecule has 0 aromatic carbocycles. The van der Waals surface area contributed by atoms with Crippen LogP contribution in [0.3, 0.4) is 0 Å². The lowest BCUT2D eigenvalue weighted by molar-refractivity contribution is -0.110. The highest BCUT2D eigenvalue weighted by Crippen LogP contribution is 2.04. The molecule has 0 rings (SSSR count). The van der Waals surface area contributed by atoms with Crippen LogP contribution in [0.5, 0.6) is 0 Å². The smallest absolute Gasteiger partial charge is 0.189 e. The van der Waals surface area contributed by atoms with Crippen molar-refractivity contribution >= 4 is 32.1 Å². The highest BCUT2D eigenvalue weighted by molar-refractivity contribution is 14.1.